The number of aromatic nitrogens is 2. The lowest BCUT2D eigenvalue weighted by Gasteiger charge is -2.43. The van der Waals surface area contributed by atoms with Crippen molar-refractivity contribution in [3.05, 3.63) is 24.2 Å². The number of carbonyl (C=O) groups excluding carboxylic acids is 1. The predicted octanol–water partition coefficient (Wildman–Crippen LogP) is 0.428. The summed E-state index contributed by atoms with van der Waals surface area (Å²) in [7, 11) is 0. The molecule has 2 aliphatic heterocycles. The van der Waals surface area contributed by atoms with Gasteiger partial charge >= 0.3 is 0 Å². The first-order chi connectivity index (χ1) is 12.0. The maximum absolute atomic E-state index is 12.6. The summed E-state index contributed by atoms with van der Waals surface area (Å²) in [6, 6.07) is 0.0768. The maximum Gasteiger partial charge on any atom is 0.253 e. The van der Waals surface area contributed by atoms with E-state index in [1.807, 2.05) is 19.9 Å². The molecule has 2 saturated heterocycles. The van der Waals surface area contributed by atoms with Gasteiger partial charge in [-0.2, -0.15) is 0 Å². The van der Waals surface area contributed by atoms with Crippen LogP contribution in [0.3, 0.4) is 0 Å². The van der Waals surface area contributed by atoms with Gasteiger partial charge in [-0.25, -0.2) is 15.0 Å². The lowest BCUT2D eigenvalue weighted by molar-refractivity contribution is -0.158. The summed E-state index contributed by atoms with van der Waals surface area (Å²) in [5, 5.41) is 0. The molecule has 0 bridgehead atoms. The summed E-state index contributed by atoms with van der Waals surface area (Å²) < 4.78 is 5.88. The van der Waals surface area contributed by atoms with Crippen LogP contribution in [0, 0.1) is 0 Å². The fraction of sp³-hybridized carbons (Fsp3) is 0.529. The summed E-state index contributed by atoms with van der Waals surface area (Å²) in [6.45, 7) is 9.77. The van der Waals surface area contributed by atoms with E-state index in [1.165, 1.54) is 0 Å². The fourth-order valence-electron chi connectivity index (χ4n) is 3.28. The second-order valence-electron chi connectivity index (χ2n) is 6.40. The highest BCUT2D eigenvalue weighted by Crippen LogP contribution is 2.28. The van der Waals surface area contributed by atoms with E-state index in [0.717, 1.165) is 5.70 Å². The molecule has 1 aromatic rings. The topological polar surface area (TPSA) is 96.9 Å². The molecule has 25 heavy (non-hydrogen) atoms. The summed E-state index contributed by atoms with van der Waals surface area (Å²) in [4.78, 5) is 29.1. The van der Waals surface area contributed by atoms with E-state index in [0.29, 0.717) is 37.7 Å². The Morgan fingerprint density at radius 1 is 1.32 bits per heavy atom. The van der Waals surface area contributed by atoms with Gasteiger partial charge in [-0.1, -0.05) is 6.08 Å². The van der Waals surface area contributed by atoms with Gasteiger partial charge in [0, 0.05) is 38.1 Å². The number of allylic oxidation sites excluding steroid dienone is 1. The van der Waals surface area contributed by atoms with Gasteiger partial charge in [0.25, 0.3) is 5.91 Å². The van der Waals surface area contributed by atoms with E-state index < -0.39 is 6.10 Å². The molecule has 3 rings (SSSR count). The van der Waals surface area contributed by atoms with Gasteiger partial charge in [-0.15, -0.1) is 0 Å². The summed E-state index contributed by atoms with van der Waals surface area (Å²) in [6.07, 6.45) is 4.58. The van der Waals surface area contributed by atoms with Crippen molar-refractivity contribution in [1.82, 2.24) is 19.8 Å². The van der Waals surface area contributed by atoms with E-state index in [4.69, 9.17) is 10.5 Å². The number of carbonyl (C=O) groups is 1. The van der Waals surface area contributed by atoms with Crippen LogP contribution in [-0.2, 0) is 9.53 Å². The number of aliphatic imine (C=N–C) groups is 1. The van der Waals surface area contributed by atoms with Crippen molar-refractivity contribution in [3.8, 4) is 0 Å². The van der Waals surface area contributed by atoms with Gasteiger partial charge in [-0.05, 0) is 20.6 Å². The first kappa shape index (κ1) is 17.5. The number of ether oxygens (including phenoxy) is 1. The molecule has 2 atom stereocenters. The van der Waals surface area contributed by atoms with Crippen LogP contribution in [0.4, 0.5) is 5.82 Å². The SMILES string of the molecule is C=Nc1nccnc1/C(=C\C)N1C[C@@H](C)O[C@@H](C(=O)N2CC(N)C2)C1. The number of likely N-dealkylation sites (tertiary alicyclic amines) is 1. The second kappa shape index (κ2) is 7.28. The third-order valence-electron chi connectivity index (χ3n) is 4.44. The second-order valence-corrected chi connectivity index (χ2v) is 6.40. The van der Waals surface area contributed by atoms with Crippen molar-refractivity contribution >= 4 is 24.1 Å². The van der Waals surface area contributed by atoms with Crippen molar-refractivity contribution in [1.29, 1.82) is 0 Å². The van der Waals surface area contributed by atoms with E-state index in [9.17, 15) is 4.79 Å². The van der Waals surface area contributed by atoms with E-state index >= 15 is 0 Å². The first-order valence-electron chi connectivity index (χ1n) is 8.42. The van der Waals surface area contributed by atoms with Gasteiger partial charge in [0.1, 0.15) is 5.69 Å². The molecule has 2 fully saturated rings. The van der Waals surface area contributed by atoms with Crippen LogP contribution in [-0.4, -0.2) is 76.8 Å². The third kappa shape index (κ3) is 3.54. The number of morpholine rings is 1. The Morgan fingerprint density at radius 2 is 2.04 bits per heavy atom. The van der Waals surface area contributed by atoms with Crippen molar-refractivity contribution in [2.75, 3.05) is 26.2 Å². The molecule has 1 amide bonds. The van der Waals surface area contributed by atoms with Crippen LogP contribution < -0.4 is 5.73 Å². The fourth-order valence-corrected chi connectivity index (χ4v) is 3.28. The first-order valence-corrected chi connectivity index (χ1v) is 8.42. The predicted molar refractivity (Wildman–Crippen MR) is 95.4 cm³/mol. The number of nitrogens with zero attached hydrogens (tertiary/aromatic N) is 5. The Bertz CT molecular complexity index is 685. The Hall–Kier alpha value is -2.32. The van der Waals surface area contributed by atoms with Gasteiger partial charge in [0.15, 0.2) is 11.9 Å². The maximum atomic E-state index is 12.6. The number of hydrogen-bond donors (Lipinski definition) is 1. The molecular weight excluding hydrogens is 320 g/mol. The quantitative estimate of drug-likeness (QED) is 0.796. The molecular formula is C17H24N6O2. The van der Waals surface area contributed by atoms with Crippen LogP contribution in [0.25, 0.3) is 5.70 Å². The normalized spacial score (nSPS) is 24.8. The van der Waals surface area contributed by atoms with E-state index in [1.54, 1.807) is 17.3 Å². The summed E-state index contributed by atoms with van der Waals surface area (Å²) in [5.74, 6) is 0.473. The highest BCUT2D eigenvalue weighted by molar-refractivity contribution is 5.82. The zero-order chi connectivity index (χ0) is 18.0. The Balaban J connectivity index is 1.80. The third-order valence-corrected chi connectivity index (χ3v) is 4.44. The lowest BCUT2D eigenvalue weighted by Crippen LogP contribution is -2.62. The smallest absolute Gasteiger partial charge is 0.253 e. The molecule has 134 valence electrons. The Kier molecular flexibility index (Phi) is 5.10. The molecule has 8 nitrogen and oxygen atoms in total. The van der Waals surface area contributed by atoms with Crippen LogP contribution >= 0.6 is 0 Å². The highest BCUT2D eigenvalue weighted by Gasteiger charge is 2.38. The van der Waals surface area contributed by atoms with Gasteiger partial charge in [-0.3, -0.25) is 4.79 Å². The molecule has 2 aliphatic rings. The van der Waals surface area contributed by atoms with Crippen molar-refractivity contribution in [3.63, 3.8) is 0 Å². The molecule has 0 saturated carbocycles. The summed E-state index contributed by atoms with van der Waals surface area (Å²) in [5.41, 5.74) is 7.32. The molecule has 0 aromatic carbocycles. The monoisotopic (exact) mass is 344 g/mol. The summed E-state index contributed by atoms with van der Waals surface area (Å²) >= 11 is 0. The molecule has 2 N–H and O–H groups in total. The zero-order valence-electron chi connectivity index (χ0n) is 14.6. The van der Waals surface area contributed by atoms with Gasteiger partial charge < -0.3 is 20.3 Å². The van der Waals surface area contributed by atoms with Gasteiger partial charge in [0.2, 0.25) is 0 Å². The molecule has 3 heterocycles. The minimum Gasteiger partial charge on any atom is -0.364 e. The standard InChI is InChI=1S/C17H24N6O2/c1-4-13(15-16(19-3)21-6-5-20-15)22-7-11(2)25-14(10-22)17(24)23-8-12(18)9-23/h4-6,11-12,14H,3,7-10,18H2,1-2H3/b13-4+/t11-,14-/m1/s1. The average molecular weight is 344 g/mol. The van der Waals surface area contributed by atoms with Crippen LogP contribution in [0.5, 0.6) is 0 Å². The zero-order valence-corrected chi connectivity index (χ0v) is 14.6. The van der Waals surface area contributed by atoms with Gasteiger partial charge in [0.05, 0.1) is 18.3 Å². The van der Waals surface area contributed by atoms with Crippen molar-refractivity contribution in [2.45, 2.75) is 32.1 Å². The van der Waals surface area contributed by atoms with E-state index in [2.05, 4.69) is 26.6 Å². The highest BCUT2D eigenvalue weighted by atomic mass is 16.5. The lowest BCUT2D eigenvalue weighted by atomic mass is 10.1. The number of amides is 1. The minimum absolute atomic E-state index is 0.00471. The average Bonchev–Trinajstić information content (AvgIpc) is 2.59. The van der Waals surface area contributed by atoms with Crippen LogP contribution in [0.2, 0.25) is 0 Å². The van der Waals surface area contributed by atoms with Crippen LogP contribution in [0.1, 0.15) is 19.5 Å². The number of hydrogen-bond acceptors (Lipinski definition) is 7. The van der Waals surface area contributed by atoms with Crippen molar-refractivity contribution < 1.29 is 9.53 Å². The minimum atomic E-state index is -0.511. The Labute approximate surface area is 147 Å². The molecule has 1 aromatic heterocycles. The Morgan fingerprint density at radius 3 is 2.68 bits per heavy atom. The molecule has 0 aliphatic carbocycles. The molecule has 0 spiro atoms. The molecule has 0 unspecified atom stereocenters. The van der Waals surface area contributed by atoms with Crippen LogP contribution in [0.15, 0.2) is 23.5 Å². The number of rotatable bonds is 4. The largest absolute Gasteiger partial charge is 0.364 e. The van der Waals surface area contributed by atoms with E-state index in [-0.39, 0.29) is 18.1 Å². The number of nitrogens with two attached hydrogens (primary N) is 1. The van der Waals surface area contributed by atoms with Crippen molar-refractivity contribution in [2.24, 2.45) is 10.7 Å². The molecule has 8 heteroatoms. The molecule has 0 radical (unpaired) electrons.